The lowest BCUT2D eigenvalue weighted by molar-refractivity contribution is -0.848. The van der Waals surface area contributed by atoms with Gasteiger partial charge in [-0.1, -0.05) is 96.8 Å². The van der Waals surface area contributed by atoms with Crippen LogP contribution in [0, 0.1) is 35.5 Å². The number of carbonyl (C=O) groups excluding carboxylic acids is 1. The minimum absolute atomic E-state index is 0.537. The van der Waals surface area contributed by atoms with Gasteiger partial charge in [-0.25, -0.2) is 4.79 Å². The van der Waals surface area contributed by atoms with Gasteiger partial charge in [0.2, 0.25) is 0 Å². The molecular formula is C34H62NO+. The van der Waals surface area contributed by atoms with Crippen LogP contribution in [0.3, 0.4) is 0 Å². The number of rotatable bonds is 13. The molecule has 7 unspecified atom stereocenters. The van der Waals surface area contributed by atoms with Crippen molar-refractivity contribution in [1.29, 1.82) is 0 Å². The second kappa shape index (κ2) is 14.1. The molecule has 7 atom stereocenters. The molecule has 4 rings (SSSR count). The van der Waals surface area contributed by atoms with Gasteiger partial charge in [-0.3, -0.25) is 4.48 Å². The zero-order chi connectivity index (χ0) is 25.4. The first kappa shape index (κ1) is 28.6. The second-order valence-corrected chi connectivity index (χ2v) is 14.4. The van der Waals surface area contributed by atoms with E-state index in [-0.39, 0.29) is 0 Å². The second-order valence-electron chi connectivity index (χ2n) is 14.4. The fourth-order valence-electron chi connectivity index (χ4n) is 9.57. The number of unbranched alkanes of at least 4 members (excludes halogenated alkanes) is 10. The number of hydrogen-bond acceptors (Lipinski definition) is 1. The molecule has 0 N–H and O–H groups in total. The van der Waals surface area contributed by atoms with Crippen LogP contribution in [-0.4, -0.2) is 30.5 Å². The zero-order valence-electron chi connectivity index (χ0n) is 24.7. The molecule has 4 saturated carbocycles. The van der Waals surface area contributed by atoms with Crippen molar-refractivity contribution in [3.63, 3.8) is 0 Å². The molecule has 0 radical (unpaired) electrons. The number of hydrogen-bond donors (Lipinski definition) is 0. The number of nitrogens with zero attached hydrogens (tertiary/aromatic N) is 1. The van der Waals surface area contributed by atoms with Crippen LogP contribution in [0.2, 0.25) is 0 Å². The maximum Gasteiger partial charge on any atom is 0.313 e. The number of amides is 1. The Bertz CT molecular complexity index is 656. The Morgan fingerprint density at radius 1 is 0.583 bits per heavy atom. The van der Waals surface area contributed by atoms with Crippen molar-refractivity contribution in [3.05, 3.63) is 0 Å². The highest BCUT2D eigenvalue weighted by Crippen LogP contribution is 2.55. The van der Waals surface area contributed by atoms with E-state index < -0.39 is 0 Å². The molecule has 208 valence electrons. The first-order chi connectivity index (χ1) is 17.5. The van der Waals surface area contributed by atoms with Gasteiger partial charge in [0.25, 0.3) is 0 Å². The molecule has 2 heteroatoms. The molecule has 0 heterocycles. The molecule has 0 bridgehead atoms. The van der Waals surface area contributed by atoms with E-state index in [0.29, 0.717) is 16.4 Å². The van der Waals surface area contributed by atoms with Gasteiger partial charge >= 0.3 is 5.91 Å². The van der Waals surface area contributed by atoms with Gasteiger partial charge in [0.05, 0.1) is 26.6 Å². The van der Waals surface area contributed by atoms with Crippen molar-refractivity contribution < 1.29 is 9.28 Å². The Morgan fingerprint density at radius 3 is 1.69 bits per heavy atom. The first-order valence-electron chi connectivity index (χ1n) is 16.9. The lowest BCUT2D eigenvalue weighted by Gasteiger charge is -2.54. The zero-order valence-corrected chi connectivity index (χ0v) is 24.7. The van der Waals surface area contributed by atoms with Crippen molar-refractivity contribution in [2.45, 2.75) is 161 Å². The summed E-state index contributed by atoms with van der Waals surface area (Å²) < 4.78 is 0.683. The highest BCUT2D eigenvalue weighted by atomic mass is 16.2. The highest BCUT2D eigenvalue weighted by Gasteiger charge is 2.51. The van der Waals surface area contributed by atoms with Crippen LogP contribution in [0.15, 0.2) is 0 Å². The summed E-state index contributed by atoms with van der Waals surface area (Å²) in [7, 11) is 4.58. The molecule has 0 spiro atoms. The quantitative estimate of drug-likeness (QED) is 0.182. The minimum Gasteiger partial charge on any atom is -0.263 e. The predicted octanol–water partition coefficient (Wildman–Crippen LogP) is 9.70. The summed E-state index contributed by atoms with van der Waals surface area (Å²) in [4.78, 5) is 13.5. The molecule has 0 aliphatic heterocycles. The summed E-state index contributed by atoms with van der Waals surface area (Å²) in [6.45, 7) is 2.29. The molecule has 0 aromatic carbocycles. The van der Waals surface area contributed by atoms with Crippen molar-refractivity contribution >= 4 is 5.91 Å². The largest absolute Gasteiger partial charge is 0.313 e. The van der Waals surface area contributed by atoms with Crippen LogP contribution in [0.25, 0.3) is 0 Å². The SMILES string of the molecule is CCCCCCCCCCCCCC(=O)[N+](C)(C)C1CCCC2CC3CC4CCCCC4CC3CC21. The van der Waals surface area contributed by atoms with Crippen molar-refractivity contribution in [2.75, 3.05) is 14.1 Å². The van der Waals surface area contributed by atoms with Crippen LogP contribution in [0.4, 0.5) is 0 Å². The summed E-state index contributed by atoms with van der Waals surface area (Å²) in [5, 5.41) is 0. The topological polar surface area (TPSA) is 17.1 Å². The lowest BCUT2D eigenvalue weighted by atomic mass is 9.54. The third-order valence-electron chi connectivity index (χ3n) is 11.8. The van der Waals surface area contributed by atoms with E-state index in [9.17, 15) is 4.79 Å². The molecule has 4 fully saturated rings. The van der Waals surface area contributed by atoms with Gasteiger partial charge < -0.3 is 0 Å². The standard InChI is InChI=1S/C34H62NO/c1-4-5-6-7-8-9-10-11-12-13-14-22-34(36)35(2,3)33-21-17-20-29-25-30-23-27-18-15-16-19-28(27)24-31(30)26-32(29)33/h27-33H,4-26H2,1-3H3/q+1. The predicted molar refractivity (Wildman–Crippen MR) is 154 cm³/mol. The smallest absolute Gasteiger partial charge is 0.263 e. The summed E-state index contributed by atoms with van der Waals surface area (Å²) in [5.74, 6) is 6.38. The summed E-state index contributed by atoms with van der Waals surface area (Å²) in [6.07, 6.45) is 31.9. The Hall–Kier alpha value is -0.370. The fourth-order valence-corrected chi connectivity index (χ4v) is 9.57. The van der Waals surface area contributed by atoms with E-state index >= 15 is 0 Å². The van der Waals surface area contributed by atoms with Gasteiger partial charge in [-0.05, 0) is 74.5 Å². The lowest BCUT2D eigenvalue weighted by Crippen LogP contribution is -2.60. The van der Waals surface area contributed by atoms with Crippen LogP contribution >= 0.6 is 0 Å². The molecule has 1 amide bonds. The van der Waals surface area contributed by atoms with E-state index in [1.54, 1.807) is 6.42 Å². The van der Waals surface area contributed by atoms with Crippen molar-refractivity contribution in [3.8, 4) is 0 Å². The monoisotopic (exact) mass is 500 g/mol. The maximum absolute atomic E-state index is 13.5. The highest BCUT2D eigenvalue weighted by molar-refractivity contribution is 5.68. The van der Waals surface area contributed by atoms with E-state index in [0.717, 1.165) is 48.3 Å². The first-order valence-corrected chi connectivity index (χ1v) is 16.9. The number of quaternary nitrogens is 1. The van der Waals surface area contributed by atoms with Gasteiger partial charge in [0.1, 0.15) is 0 Å². The summed E-state index contributed by atoms with van der Waals surface area (Å²) in [6, 6.07) is 0.592. The van der Waals surface area contributed by atoms with Crippen molar-refractivity contribution in [1.82, 2.24) is 0 Å². The molecule has 36 heavy (non-hydrogen) atoms. The van der Waals surface area contributed by atoms with E-state index in [4.69, 9.17) is 0 Å². The molecule has 4 aliphatic rings. The Morgan fingerprint density at radius 2 is 1.08 bits per heavy atom. The average Bonchev–Trinajstić information content (AvgIpc) is 2.88. The van der Waals surface area contributed by atoms with Crippen LogP contribution < -0.4 is 0 Å². The van der Waals surface area contributed by atoms with Crippen LogP contribution in [-0.2, 0) is 4.79 Å². The normalized spacial score (nSPS) is 34.5. The molecule has 4 aliphatic carbocycles. The van der Waals surface area contributed by atoms with E-state index in [1.165, 1.54) is 128 Å². The summed E-state index contributed by atoms with van der Waals surface area (Å²) >= 11 is 0. The Kier molecular flexibility index (Phi) is 11.2. The molecule has 2 nitrogen and oxygen atoms in total. The fraction of sp³-hybridized carbons (Fsp3) is 0.971. The van der Waals surface area contributed by atoms with E-state index in [1.807, 2.05) is 0 Å². The molecular weight excluding hydrogens is 438 g/mol. The number of carbonyl (C=O) groups is 1. The number of fused-ring (bicyclic) bond motifs is 3. The van der Waals surface area contributed by atoms with Gasteiger partial charge in [0, 0.05) is 12.3 Å². The molecule has 0 aromatic rings. The van der Waals surface area contributed by atoms with Gasteiger partial charge in [-0.15, -0.1) is 0 Å². The van der Waals surface area contributed by atoms with E-state index in [2.05, 4.69) is 21.0 Å². The van der Waals surface area contributed by atoms with Gasteiger partial charge in [0.15, 0.2) is 0 Å². The third kappa shape index (κ3) is 7.39. The van der Waals surface area contributed by atoms with Crippen LogP contribution in [0.5, 0.6) is 0 Å². The minimum atomic E-state index is 0.537. The Labute approximate surface area is 225 Å². The Balaban J connectivity index is 1.19. The van der Waals surface area contributed by atoms with Crippen LogP contribution in [0.1, 0.15) is 155 Å². The summed E-state index contributed by atoms with van der Waals surface area (Å²) in [5.41, 5.74) is 0. The van der Waals surface area contributed by atoms with Gasteiger partial charge in [-0.2, -0.15) is 0 Å². The third-order valence-corrected chi connectivity index (χ3v) is 11.8. The maximum atomic E-state index is 13.5. The average molecular weight is 501 g/mol. The van der Waals surface area contributed by atoms with Crippen molar-refractivity contribution in [2.24, 2.45) is 35.5 Å². The molecule has 0 aromatic heterocycles. The molecule has 0 saturated heterocycles.